The summed E-state index contributed by atoms with van der Waals surface area (Å²) in [5.74, 6) is -0.319. The van der Waals surface area contributed by atoms with E-state index in [2.05, 4.69) is 10.2 Å². The maximum Gasteiger partial charge on any atom is 0.243 e. The molecule has 2 saturated heterocycles. The van der Waals surface area contributed by atoms with Crippen LogP contribution in [0, 0.1) is 5.92 Å². The summed E-state index contributed by atoms with van der Waals surface area (Å²) in [7, 11) is -3.59. The van der Waals surface area contributed by atoms with E-state index in [1.807, 2.05) is 0 Å². The number of halogens is 1. The second-order valence-corrected chi connectivity index (χ2v) is 9.72. The molecule has 0 aliphatic carbocycles. The quantitative estimate of drug-likeness (QED) is 0.696. The van der Waals surface area contributed by atoms with Crippen molar-refractivity contribution in [3.63, 3.8) is 0 Å². The van der Waals surface area contributed by atoms with Crippen molar-refractivity contribution in [2.24, 2.45) is 5.92 Å². The van der Waals surface area contributed by atoms with Crippen LogP contribution in [0.15, 0.2) is 29.2 Å². The van der Waals surface area contributed by atoms with Gasteiger partial charge in [-0.1, -0.05) is 11.6 Å². The molecular weight excluding hydrogens is 386 g/mol. The predicted molar refractivity (Wildman–Crippen MR) is 106 cm³/mol. The van der Waals surface area contributed by atoms with Gasteiger partial charge in [0.2, 0.25) is 15.9 Å². The summed E-state index contributed by atoms with van der Waals surface area (Å²) >= 11 is 5.85. The maximum absolute atomic E-state index is 12.8. The zero-order chi connectivity index (χ0) is 19.3. The van der Waals surface area contributed by atoms with Crippen LogP contribution in [0.3, 0.4) is 0 Å². The van der Waals surface area contributed by atoms with Gasteiger partial charge >= 0.3 is 0 Å². The van der Waals surface area contributed by atoms with Crippen LogP contribution >= 0.6 is 11.6 Å². The summed E-state index contributed by atoms with van der Waals surface area (Å²) in [5, 5.41) is 3.49. The first-order chi connectivity index (χ1) is 13.0. The molecule has 1 aromatic carbocycles. The van der Waals surface area contributed by atoms with E-state index in [1.54, 1.807) is 12.1 Å². The number of nitrogens with one attached hydrogen (secondary N) is 1. The number of piperidine rings is 1. The van der Waals surface area contributed by atoms with Gasteiger partial charge in [0.05, 0.1) is 10.8 Å². The van der Waals surface area contributed by atoms with Crippen LogP contribution in [0.4, 0.5) is 0 Å². The highest BCUT2D eigenvalue weighted by Crippen LogP contribution is 2.24. The van der Waals surface area contributed by atoms with Crippen molar-refractivity contribution in [2.45, 2.75) is 37.0 Å². The monoisotopic (exact) mass is 413 g/mol. The number of benzene rings is 1. The van der Waals surface area contributed by atoms with Crippen LogP contribution in [0.25, 0.3) is 0 Å². The van der Waals surface area contributed by atoms with E-state index in [0.717, 1.165) is 32.5 Å². The number of sulfonamides is 1. The van der Waals surface area contributed by atoms with Crippen molar-refractivity contribution >= 4 is 27.5 Å². The molecule has 0 bridgehead atoms. The Morgan fingerprint density at radius 3 is 2.52 bits per heavy atom. The Bertz CT molecular complexity index is 733. The van der Waals surface area contributed by atoms with Gasteiger partial charge in [-0.2, -0.15) is 4.31 Å². The average Bonchev–Trinajstić information content (AvgIpc) is 3.19. The lowest BCUT2D eigenvalue weighted by Gasteiger charge is -2.31. The van der Waals surface area contributed by atoms with Crippen molar-refractivity contribution in [2.75, 3.05) is 39.3 Å². The Labute approximate surface area is 166 Å². The molecule has 150 valence electrons. The van der Waals surface area contributed by atoms with Crippen LogP contribution in [0.5, 0.6) is 0 Å². The Hall–Kier alpha value is -1.15. The summed E-state index contributed by atoms with van der Waals surface area (Å²) < 4.78 is 27.1. The topological polar surface area (TPSA) is 69.7 Å². The number of carbonyl (C=O) groups excluding carboxylic acids is 1. The number of hydrogen-bond donors (Lipinski definition) is 1. The molecule has 0 radical (unpaired) electrons. The van der Waals surface area contributed by atoms with Crippen LogP contribution in [0.1, 0.15) is 32.1 Å². The molecule has 2 heterocycles. The third-order valence-electron chi connectivity index (χ3n) is 5.36. The fourth-order valence-electron chi connectivity index (χ4n) is 3.80. The molecule has 0 saturated carbocycles. The van der Waals surface area contributed by atoms with Crippen LogP contribution in [-0.2, 0) is 14.8 Å². The van der Waals surface area contributed by atoms with E-state index in [1.165, 1.54) is 29.3 Å². The average molecular weight is 414 g/mol. The molecule has 1 N–H and O–H groups in total. The minimum Gasteiger partial charge on any atom is -0.356 e. The van der Waals surface area contributed by atoms with Crippen molar-refractivity contribution in [1.29, 1.82) is 0 Å². The SMILES string of the molecule is O=C(NCCCN1CCCC1)C1CCCN(S(=O)(=O)c2ccc(Cl)cc2)C1. The van der Waals surface area contributed by atoms with E-state index in [0.29, 0.717) is 24.5 Å². The molecule has 1 atom stereocenters. The summed E-state index contributed by atoms with van der Waals surface area (Å²) in [4.78, 5) is 15.1. The van der Waals surface area contributed by atoms with Gasteiger partial charge in [0, 0.05) is 24.7 Å². The first-order valence-electron chi connectivity index (χ1n) is 9.72. The van der Waals surface area contributed by atoms with Gasteiger partial charge in [0.25, 0.3) is 0 Å². The van der Waals surface area contributed by atoms with E-state index < -0.39 is 10.0 Å². The fraction of sp³-hybridized carbons (Fsp3) is 0.632. The van der Waals surface area contributed by atoms with Gasteiger partial charge in [0.1, 0.15) is 0 Å². The minimum absolute atomic E-state index is 0.0348. The molecule has 0 spiro atoms. The number of nitrogens with zero attached hydrogens (tertiary/aromatic N) is 2. The van der Waals surface area contributed by atoms with Crippen LogP contribution < -0.4 is 5.32 Å². The van der Waals surface area contributed by atoms with Crippen molar-refractivity contribution in [1.82, 2.24) is 14.5 Å². The molecule has 8 heteroatoms. The normalized spacial score (nSPS) is 22.0. The lowest BCUT2D eigenvalue weighted by atomic mass is 9.99. The zero-order valence-electron chi connectivity index (χ0n) is 15.6. The highest BCUT2D eigenvalue weighted by atomic mass is 35.5. The van der Waals surface area contributed by atoms with Crippen molar-refractivity contribution < 1.29 is 13.2 Å². The number of carbonyl (C=O) groups is 1. The zero-order valence-corrected chi connectivity index (χ0v) is 17.1. The molecule has 2 aliphatic heterocycles. The van der Waals surface area contributed by atoms with Crippen molar-refractivity contribution in [3.8, 4) is 0 Å². The highest BCUT2D eigenvalue weighted by molar-refractivity contribution is 7.89. The predicted octanol–water partition coefficient (Wildman–Crippen LogP) is 2.34. The lowest BCUT2D eigenvalue weighted by molar-refractivity contribution is -0.126. The first kappa shape index (κ1) is 20.6. The number of hydrogen-bond acceptors (Lipinski definition) is 4. The second kappa shape index (κ2) is 9.37. The lowest BCUT2D eigenvalue weighted by Crippen LogP contribution is -2.45. The molecule has 2 aliphatic rings. The number of amides is 1. The van der Waals surface area contributed by atoms with Crippen LogP contribution in [0.2, 0.25) is 5.02 Å². The molecule has 3 rings (SSSR count). The highest BCUT2D eigenvalue weighted by Gasteiger charge is 2.33. The molecular formula is C19H28ClN3O3S. The molecule has 1 aromatic rings. The Balaban J connectivity index is 1.50. The smallest absolute Gasteiger partial charge is 0.243 e. The Morgan fingerprint density at radius 1 is 1.11 bits per heavy atom. The van der Waals surface area contributed by atoms with E-state index in [-0.39, 0.29) is 23.3 Å². The Kier molecular flexibility index (Phi) is 7.14. The fourth-order valence-corrected chi connectivity index (χ4v) is 5.44. The van der Waals surface area contributed by atoms with Gasteiger partial charge in [0.15, 0.2) is 0 Å². The molecule has 6 nitrogen and oxygen atoms in total. The second-order valence-electron chi connectivity index (χ2n) is 7.35. The number of rotatable bonds is 7. The number of likely N-dealkylation sites (tertiary alicyclic amines) is 1. The standard InChI is InChI=1S/C19H28ClN3O3S/c20-17-6-8-18(9-7-17)27(25,26)23-14-3-5-16(15-23)19(24)21-10-4-13-22-11-1-2-12-22/h6-9,16H,1-5,10-15H2,(H,21,24). The Morgan fingerprint density at radius 2 is 1.81 bits per heavy atom. The molecule has 2 fully saturated rings. The summed E-state index contributed by atoms with van der Waals surface area (Å²) in [5.41, 5.74) is 0. The van der Waals surface area contributed by atoms with Crippen molar-refractivity contribution in [3.05, 3.63) is 29.3 Å². The first-order valence-corrected chi connectivity index (χ1v) is 11.5. The molecule has 0 aromatic heterocycles. The summed E-state index contributed by atoms with van der Waals surface area (Å²) in [6.07, 6.45) is 4.90. The largest absolute Gasteiger partial charge is 0.356 e. The maximum atomic E-state index is 12.8. The van der Waals surface area contributed by atoms with E-state index in [9.17, 15) is 13.2 Å². The molecule has 27 heavy (non-hydrogen) atoms. The third kappa shape index (κ3) is 5.44. The van der Waals surface area contributed by atoms with E-state index in [4.69, 9.17) is 11.6 Å². The summed E-state index contributed by atoms with van der Waals surface area (Å²) in [6, 6.07) is 6.17. The third-order valence-corrected chi connectivity index (χ3v) is 7.49. The van der Waals surface area contributed by atoms with E-state index >= 15 is 0 Å². The summed E-state index contributed by atoms with van der Waals surface area (Å²) in [6.45, 7) is 4.67. The molecule has 1 amide bonds. The van der Waals surface area contributed by atoms with Gasteiger partial charge < -0.3 is 10.2 Å². The van der Waals surface area contributed by atoms with Gasteiger partial charge in [-0.25, -0.2) is 8.42 Å². The van der Waals surface area contributed by atoms with Gasteiger partial charge in [-0.05, 0) is 76.0 Å². The van der Waals surface area contributed by atoms with Gasteiger partial charge in [-0.3, -0.25) is 4.79 Å². The minimum atomic E-state index is -3.59. The molecule has 1 unspecified atom stereocenters. The van der Waals surface area contributed by atoms with Crippen LogP contribution in [-0.4, -0.2) is 62.8 Å². The van der Waals surface area contributed by atoms with Gasteiger partial charge in [-0.15, -0.1) is 0 Å².